The summed E-state index contributed by atoms with van der Waals surface area (Å²) in [6.07, 6.45) is 7.13. The fraction of sp³-hybridized carbons (Fsp3) is 0.696. The van der Waals surface area contributed by atoms with E-state index in [0.717, 1.165) is 50.9 Å². The number of hydrogen-bond acceptors (Lipinski definition) is 3. The summed E-state index contributed by atoms with van der Waals surface area (Å²) in [5, 5.41) is 0. The molecule has 3 rings (SSSR count). The van der Waals surface area contributed by atoms with Crippen LogP contribution in [0, 0.1) is 17.3 Å². The summed E-state index contributed by atoms with van der Waals surface area (Å²) in [6.45, 7) is 2.22. The number of benzene rings is 1. The molecule has 2 fully saturated rings. The molecule has 0 aliphatic heterocycles. The monoisotopic (exact) mass is 412 g/mol. The molecule has 0 N–H and O–H groups in total. The van der Waals surface area contributed by atoms with E-state index in [0.29, 0.717) is 5.92 Å². The molecular weight excluding hydrogens is 381 g/mol. The molecule has 3 nitrogen and oxygen atoms in total. The van der Waals surface area contributed by atoms with E-state index in [1.165, 1.54) is 49.9 Å². The van der Waals surface area contributed by atoms with Gasteiger partial charge in [-0.25, -0.2) is 0 Å². The molecule has 0 unspecified atom stereocenters. The first-order chi connectivity index (χ1) is 13.8. The molecule has 0 amide bonds. The highest BCUT2D eigenvalue weighted by Gasteiger charge is 2.48. The van der Waals surface area contributed by atoms with Crippen LogP contribution in [0.1, 0.15) is 77.6 Å². The Morgan fingerprint density at radius 2 is 1.59 bits per heavy atom. The number of ether oxygens (including phenoxy) is 2. The number of halogens is 3. The smallest absolute Gasteiger partial charge is 0.426 e. The van der Waals surface area contributed by atoms with E-state index in [-0.39, 0.29) is 17.5 Å². The molecule has 0 saturated heterocycles. The van der Waals surface area contributed by atoms with Gasteiger partial charge in [0.15, 0.2) is 0 Å². The minimum absolute atomic E-state index is 0.208. The van der Waals surface area contributed by atoms with Gasteiger partial charge in [-0.05, 0) is 61.8 Å². The summed E-state index contributed by atoms with van der Waals surface area (Å²) in [5.74, 6) is 0.860. The molecule has 0 aromatic heterocycles. The van der Waals surface area contributed by atoms with E-state index in [1.54, 1.807) is 0 Å². The van der Waals surface area contributed by atoms with Crippen molar-refractivity contribution in [2.24, 2.45) is 17.3 Å². The van der Waals surface area contributed by atoms with Crippen LogP contribution < -0.4 is 9.47 Å². The van der Waals surface area contributed by atoms with Crippen molar-refractivity contribution in [3.05, 3.63) is 24.3 Å². The van der Waals surface area contributed by atoms with Gasteiger partial charge in [0.25, 0.3) is 0 Å². The molecule has 29 heavy (non-hydrogen) atoms. The maximum Gasteiger partial charge on any atom is 0.573 e. The highest BCUT2D eigenvalue weighted by atomic mass is 19.4. The Morgan fingerprint density at radius 3 is 2.14 bits per heavy atom. The normalized spacial score (nSPS) is 24.7. The molecule has 2 aliphatic carbocycles. The van der Waals surface area contributed by atoms with Gasteiger partial charge in [-0.15, -0.1) is 13.2 Å². The van der Waals surface area contributed by atoms with E-state index in [2.05, 4.69) is 11.7 Å². The highest BCUT2D eigenvalue weighted by molar-refractivity contribution is 5.79. The molecule has 0 radical (unpaired) electrons. The lowest BCUT2D eigenvalue weighted by atomic mass is 9.60. The van der Waals surface area contributed by atoms with Crippen molar-refractivity contribution in [3.63, 3.8) is 0 Å². The summed E-state index contributed by atoms with van der Waals surface area (Å²) in [6, 6.07) is 5.10. The van der Waals surface area contributed by atoms with Crippen LogP contribution in [0.5, 0.6) is 11.5 Å². The van der Waals surface area contributed by atoms with Crippen molar-refractivity contribution in [1.29, 1.82) is 0 Å². The zero-order valence-electron chi connectivity index (χ0n) is 17.1. The average Bonchev–Trinajstić information content (AvgIpc) is 2.70. The van der Waals surface area contributed by atoms with Crippen molar-refractivity contribution >= 4 is 5.97 Å². The Bertz CT molecular complexity index is 655. The third-order valence-electron chi connectivity index (χ3n) is 6.75. The molecule has 2 saturated carbocycles. The standard InChI is InChI=1S/C23H31F3O3/c1-2-6-17-7-9-18(10-8-17)22(15-4-3-5-16-22)21(27)28-19-11-13-20(14-12-19)29-23(24,25)26/h11-14,17-18H,2-10,15-16H2,1H3. The van der Waals surface area contributed by atoms with Gasteiger partial charge in [-0.3, -0.25) is 4.79 Å². The van der Waals surface area contributed by atoms with Gasteiger partial charge in [0, 0.05) is 0 Å². The molecule has 0 spiro atoms. The predicted octanol–water partition coefficient (Wildman–Crippen LogP) is 7.05. The number of alkyl halides is 3. The second kappa shape index (κ2) is 9.40. The summed E-state index contributed by atoms with van der Waals surface area (Å²) < 4.78 is 46.5. The third kappa shape index (κ3) is 5.67. The number of carbonyl (C=O) groups is 1. The fourth-order valence-corrected chi connectivity index (χ4v) is 5.29. The van der Waals surface area contributed by atoms with E-state index in [9.17, 15) is 18.0 Å². The zero-order valence-corrected chi connectivity index (χ0v) is 17.1. The quantitative estimate of drug-likeness (QED) is 0.371. The first-order valence-corrected chi connectivity index (χ1v) is 10.9. The summed E-state index contributed by atoms with van der Waals surface area (Å²) in [4.78, 5) is 13.3. The molecule has 0 heterocycles. The van der Waals surface area contributed by atoms with Gasteiger partial charge in [0.05, 0.1) is 5.41 Å². The van der Waals surface area contributed by atoms with Gasteiger partial charge in [-0.2, -0.15) is 0 Å². The Morgan fingerprint density at radius 1 is 1.00 bits per heavy atom. The van der Waals surface area contributed by atoms with Gasteiger partial charge >= 0.3 is 12.3 Å². The Hall–Kier alpha value is -1.72. The first-order valence-electron chi connectivity index (χ1n) is 10.9. The largest absolute Gasteiger partial charge is 0.573 e. The van der Waals surface area contributed by atoms with Crippen LogP contribution in [-0.2, 0) is 4.79 Å². The lowest BCUT2D eigenvalue weighted by Crippen LogP contribution is -2.44. The van der Waals surface area contributed by atoms with Crippen molar-refractivity contribution < 1.29 is 27.4 Å². The SMILES string of the molecule is CCCC1CCC(C2(C(=O)Oc3ccc(OC(F)(F)F)cc3)CCCCC2)CC1. The molecule has 1 aromatic carbocycles. The van der Waals surface area contributed by atoms with Crippen LogP contribution in [0.25, 0.3) is 0 Å². The fourth-order valence-electron chi connectivity index (χ4n) is 5.29. The minimum atomic E-state index is -4.74. The highest BCUT2D eigenvalue weighted by Crippen LogP contribution is 2.50. The average molecular weight is 412 g/mol. The number of carbonyl (C=O) groups excluding carboxylic acids is 1. The molecule has 1 aromatic rings. The van der Waals surface area contributed by atoms with E-state index in [1.807, 2.05) is 0 Å². The summed E-state index contributed by atoms with van der Waals surface area (Å²) in [5.41, 5.74) is -0.448. The van der Waals surface area contributed by atoms with Crippen LogP contribution in [0.4, 0.5) is 13.2 Å². The molecule has 0 bridgehead atoms. The van der Waals surface area contributed by atoms with E-state index in [4.69, 9.17) is 4.74 Å². The summed E-state index contributed by atoms with van der Waals surface area (Å²) in [7, 11) is 0. The number of hydrogen-bond donors (Lipinski definition) is 0. The number of esters is 1. The van der Waals surface area contributed by atoms with Crippen molar-refractivity contribution in [2.75, 3.05) is 0 Å². The third-order valence-corrected chi connectivity index (χ3v) is 6.75. The minimum Gasteiger partial charge on any atom is -0.426 e. The van der Waals surface area contributed by atoms with Crippen molar-refractivity contribution in [1.82, 2.24) is 0 Å². The molecular formula is C23H31F3O3. The van der Waals surface area contributed by atoms with Gasteiger partial charge in [0.1, 0.15) is 11.5 Å². The maximum atomic E-state index is 13.3. The van der Waals surface area contributed by atoms with Crippen LogP contribution in [0.2, 0.25) is 0 Å². The van der Waals surface area contributed by atoms with Gasteiger partial charge < -0.3 is 9.47 Å². The van der Waals surface area contributed by atoms with Gasteiger partial charge in [0.2, 0.25) is 0 Å². The van der Waals surface area contributed by atoms with Crippen LogP contribution >= 0.6 is 0 Å². The Labute approximate surface area is 171 Å². The molecule has 2 aliphatic rings. The summed E-state index contributed by atoms with van der Waals surface area (Å²) >= 11 is 0. The van der Waals surface area contributed by atoms with Crippen molar-refractivity contribution in [3.8, 4) is 11.5 Å². The van der Waals surface area contributed by atoms with Crippen LogP contribution in [0.15, 0.2) is 24.3 Å². The van der Waals surface area contributed by atoms with Crippen LogP contribution in [-0.4, -0.2) is 12.3 Å². The Kier molecular flexibility index (Phi) is 7.12. The predicted molar refractivity (Wildman–Crippen MR) is 105 cm³/mol. The number of rotatable bonds is 6. The van der Waals surface area contributed by atoms with Crippen molar-refractivity contribution in [2.45, 2.75) is 83.9 Å². The lowest BCUT2D eigenvalue weighted by molar-refractivity contribution is -0.274. The molecule has 0 atom stereocenters. The van der Waals surface area contributed by atoms with E-state index >= 15 is 0 Å². The maximum absolute atomic E-state index is 13.3. The second-order valence-electron chi connectivity index (χ2n) is 8.63. The van der Waals surface area contributed by atoms with Gasteiger partial charge in [-0.1, -0.05) is 51.9 Å². The molecule has 162 valence electrons. The molecule has 6 heteroatoms. The first kappa shape index (κ1) is 22.0. The lowest BCUT2D eigenvalue weighted by Gasteiger charge is -2.44. The topological polar surface area (TPSA) is 35.5 Å². The van der Waals surface area contributed by atoms with E-state index < -0.39 is 11.8 Å². The van der Waals surface area contributed by atoms with Crippen LogP contribution in [0.3, 0.4) is 0 Å². The Balaban J connectivity index is 1.68. The zero-order chi connectivity index (χ0) is 20.9. The second-order valence-corrected chi connectivity index (χ2v) is 8.63.